The van der Waals surface area contributed by atoms with Gasteiger partial charge in [0.15, 0.2) is 5.82 Å². The van der Waals surface area contributed by atoms with Crippen molar-refractivity contribution in [3.8, 4) is 17.3 Å². The summed E-state index contributed by atoms with van der Waals surface area (Å²) >= 11 is 0. The summed E-state index contributed by atoms with van der Waals surface area (Å²) in [6, 6.07) is 9.39. The van der Waals surface area contributed by atoms with E-state index in [0.29, 0.717) is 29.3 Å². The van der Waals surface area contributed by atoms with Crippen LogP contribution in [0.1, 0.15) is 57.8 Å². The van der Waals surface area contributed by atoms with E-state index in [0.717, 1.165) is 34.6 Å². The number of carbonyl (C=O) groups is 2. The van der Waals surface area contributed by atoms with Gasteiger partial charge in [-0.3, -0.25) is 4.79 Å². The summed E-state index contributed by atoms with van der Waals surface area (Å²) < 4.78 is 15.6. The Morgan fingerprint density at radius 3 is 2.60 bits per heavy atom. The van der Waals surface area contributed by atoms with E-state index in [9.17, 15) is 9.59 Å². The molecule has 1 aliphatic heterocycles. The molecule has 1 aromatic carbocycles. The number of rotatable bonds is 6. The van der Waals surface area contributed by atoms with Crippen LogP contribution in [0.25, 0.3) is 33.6 Å². The van der Waals surface area contributed by atoms with Gasteiger partial charge in [0.25, 0.3) is 5.91 Å². The van der Waals surface area contributed by atoms with Crippen molar-refractivity contribution < 1.29 is 19.1 Å². The van der Waals surface area contributed by atoms with Gasteiger partial charge in [0.1, 0.15) is 22.5 Å². The van der Waals surface area contributed by atoms with E-state index in [-0.39, 0.29) is 23.9 Å². The molecule has 1 saturated heterocycles. The number of carbonyl (C=O) groups excluding carboxylic acids is 2. The van der Waals surface area contributed by atoms with Crippen LogP contribution in [0.15, 0.2) is 36.5 Å². The quantitative estimate of drug-likeness (QED) is 0.333. The number of nitrogens with zero attached hydrogens (tertiary/aromatic N) is 5. The van der Waals surface area contributed by atoms with Crippen molar-refractivity contribution in [2.45, 2.75) is 71.7 Å². The number of ether oxygens (including phenoxy) is 2. The molecule has 3 unspecified atom stereocenters. The zero-order chi connectivity index (χ0) is 29.9. The highest BCUT2D eigenvalue weighted by Gasteiger charge is 2.41. The lowest BCUT2D eigenvalue weighted by atomic mass is 10.0. The monoisotopic (exact) mass is 572 g/mol. The van der Waals surface area contributed by atoms with E-state index in [1.165, 1.54) is 12.8 Å². The molecule has 0 spiro atoms. The average Bonchev–Trinajstić information content (AvgIpc) is 3.52. The van der Waals surface area contributed by atoms with Gasteiger partial charge in [-0.15, -0.1) is 0 Å². The SMILES string of the molecule is COc1cc(C(=O)N2CC(C)C(NC(=O)OC(C)(C)C)C2C)cc2nc(-c3cc4cccnc4n3CC3CC3)n(C)c12. The summed E-state index contributed by atoms with van der Waals surface area (Å²) in [6.07, 6.45) is 3.82. The summed E-state index contributed by atoms with van der Waals surface area (Å²) in [5, 5.41) is 4.06. The van der Waals surface area contributed by atoms with Crippen molar-refractivity contribution in [2.24, 2.45) is 18.9 Å². The molecule has 3 atom stereocenters. The third kappa shape index (κ3) is 5.07. The number of methoxy groups -OCH3 is 1. The number of hydrogen-bond donors (Lipinski definition) is 1. The van der Waals surface area contributed by atoms with E-state index in [1.54, 1.807) is 13.2 Å². The molecule has 1 N–H and O–H groups in total. The zero-order valence-corrected chi connectivity index (χ0v) is 25.5. The lowest BCUT2D eigenvalue weighted by molar-refractivity contribution is 0.0478. The molecule has 2 fully saturated rings. The van der Waals surface area contributed by atoms with Crippen LogP contribution in [-0.4, -0.2) is 67.3 Å². The Labute approximate surface area is 246 Å². The largest absolute Gasteiger partial charge is 0.494 e. The van der Waals surface area contributed by atoms with Gasteiger partial charge in [-0.1, -0.05) is 6.92 Å². The number of imidazole rings is 1. The molecular weight excluding hydrogens is 532 g/mol. The fourth-order valence-electron chi connectivity index (χ4n) is 6.23. The molecule has 3 aromatic heterocycles. The Hall–Kier alpha value is -4.08. The number of alkyl carbamates (subject to hydrolysis) is 1. The zero-order valence-electron chi connectivity index (χ0n) is 25.5. The average molecular weight is 573 g/mol. The predicted molar refractivity (Wildman–Crippen MR) is 162 cm³/mol. The molecule has 4 aromatic rings. The molecule has 222 valence electrons. The Balaban J connectivity index is 1.34. The van der Waals surface area contributed by atoms with Crippen molar-refractivity contribution in [1.29, 1.82) is 0 Å². The second-order valence-electron chi connectivity index (χ2n) is 12.9. The van der Waals surface area contributed by atoms with E-state index in [1.807, 2.05) is 69.5 Å². The third-order valence-electron chi connectivity index (χ3n) is 8.48. The van der Waals surface area contributed by atoms with Gasteiger partial charge in [0.2, 0.25) is 0 Å². The Kier molecular flexibility index (Phi) is 6.90. The molecule has 4 heterocycles. The fraction of sp³-hybridized carbons (Fsp3) is 0.500. The van der Waals surface area contributed by atoms with Gasteiger partial charge in [-0.25, -0.2) is 14.8 Å². The number of hydrogen-bond acceptors (Lipinski definition) is 6. The van der Waals surface area contributed by atoms with Crippen LogP contribution in [-0.2, 0) is 18.3 Å². The Bertz CT molecular complexity index is 1680. The summed E-state index contributed by atoms with van der Waals surface area (Å²) in [5.74, 6) is 1.99. The minimum absolute atomic E-state index is 0.0607. The number of aryl methyl sites for hydroxylation is 1. The minimum Gasteiger partial charge on any atom is -0.494 e. The van der Waals surface area contributed by atoms with Gasteiger partial charge in [0, 0.05) is 43.3 Å². The van der Waals surface area contributed by atoms with Crippen LogP contribution in [0.3, 0.4) is 0 Å². The van der Waals surface area contributed by atoms with Crippen molar-refractivity contribution in [3.05, 3.63) is 42.1 Å². The lowest BCUT2D eigenvalue weighted by Crippen LogP contribution is -2.47. The fourth-order valence-corrected chi connectivity index (χ4v) is 6.23. The second kappa shape index (κ2) is 10.3. The molecule has 0 radical (unpaired) electrons. The normalized spacial score (nSPS) is 20.8. The maximum atomic E-state index is 13.9. The van der Waals surface area contributed by atoms with Gasteiger partial charge in [0.05, 0.1) is 24.4 Å². The third-order valence-corrected chi connectivity index (χ3v) is 8.48. The van der Waals surface area contributed by atoms with E-state index in [2.05, 4.69) is 27.0 Å². The van der Waals surface area contributed by atoms with Crippen LogP contribution in [0.4, 0.5) is 4.79 Å². The topological polar surface area (TPSA) is 104 Å². The molecule has 1 saturated carbocycles. The summed E-state index contributed by atoms with van der Waals surface area (Å²) in [5.41, 5.74) is 3.38. The Morgan fingerprint density at radius 1 is 1.14 bits per heavy atom. The number of aromatic nitrogens is 4. The highest BCUT2D eigenvalue weighted by Crippen LogP contribution is 2.38. The standard InChI is InChI=1S/C32H40N6O4/c1-18-16-37(19(2)26(18)35-31(40)42-32(3,4)5)30(39)22-13-23-27(25(15-22)41-7)36(6)29(34-23)24-14-21-9-8-12-33-28(21)38(24)17-20-10-11-20/h8-9,12-15,18-20,26H,10-11,16-17H2,1-7H3,(H,35,40). The molecular formula is C32H40N6O4. The summed E-state index contributed by atoms with van der Waals surface area (Å²) in [6.45, 7) is 10.9. The summed E-state index contributed by atoms with van der Waals surface area (Å²) in [4.78, 5) is 38.0. The van der Waals surface area contributed by atoms with Crippen molar-refractivity contribution in [2.75, 3.05) is 13.7 Å². The Morgan fingerprint density at radius 2 is 1.90 bits per heavy atom. The van der Waals surface area contributed by atoms with Crippen LogP contribution >= 0.6 is 0 Å². The molecule has 42 heavy (non-hydrogen) atoms. The maximum absolute atomic E-state index is 13.9. The smallest absolute Gasteiger partial charge is 0.407 e. The second-order valence-corrected chi connectivity index (χ2v) is 12.9. The van der Waals surface area contributed by atoms with E-state index in [4.69, 9.17) is 14.5 Å². The van der Waals surface area contributed by atoms with Crippen LogP contribution < -0.4 is 10.1 Å². The molecule has 0 bridgehead atoms. The van der Waals surface area contributed by atoms with E-state index >= 15 is 0 Å². The first-order valence-electron chi connectivity index (χ1n) is 14.7. The predicted octanol–water partition coefficient (Wildman–Crippen LogP) is 5.38. The number of pyridine rings is 1. The molecule has 2 aliphatic rings. The van der Waals surface area contributed by atoms with E-state index < -0.39 is 11.7 Å². The number of amides is 2. The lowest BCUT2D eigenvalue weighted by Gasteiger charge is -2.27. The number of nitrogens with one attached hydrogen (secondary N) is 1. The minimum atomic E-state index is -0.596. The van der Waals surface area contributed by atoms with Crippen molar-refractivity contribution >= 4 is 34.1 Å². The van der Waals surface area contributed by atoms with Crippen LogP contribution in [0.5, 0.6) is 5.75 Å². The van der Waals surface area contributed by atoms with Gasteiger partial charge in [-0.2, -0.15) is 0 Å². The molecule has 1 aliphatic carbocycles. The maximum Gasteiger partial charge on any atom is 0.407 e. The highest BCUT2D eigenvalue weighted by molar-refractivity contribution is 6.00. The molecule has 6 rings (SSSR count). The van der Waals surface area contributed by atoms with Crippen LogP contribution in [0.2, 0.25) is 0 Å². The van der Waals surface area contributed by atoms with Gasteiger partial charge in [-0.05, 0) is 82.7 Å². The number of benzene rings is 1. The molecule has 2 amide bonds. The summed E-state index contributed by atoms with van der Waals surface area (Å²) in [7, 11) is 3.60. The number of likely N-dealkylation sites (tertiary alicyclic amines) is 1. The number of fused-ring (bicyclic) bond motifs is 2. The first-order chi connectivity index (χ1) is 19.9. The van der Waals surface area contributed by atoms with Crippen molar-refractivity contribution in [1.82, 2.24) is 29.3 Å². The molecule has 10 nitrogen and oxygen atoms in total. The van der Waals surface area contributed by atoms with Crippen LogP contribution in [0, 0.1) is 11.8 Å². The first kappa shape index (κ1) is 28.1. The molecule has 10 heteroatoms. The van der Waals surface area contributed by atoms with Gasteiger partial charge < -0.3 is 28.8 Å². The first-order valence-corrected chi connectivity index (χ1v) is 14.7. The van der Waals surface area contributed by atoms with Gasteiger partial charge >= 0.3 is 6.09 Å². The highest BCUT2D eigenvalue weighted by atomic mass is 16.6. The van der Waals surface area contributed by atoms with Crippen molar-refractivity contribution in [3.63, 3.8) is 0 Å².